The van der Waals surface area contributed by atoms with E-state index in [9.17, 15) is 4.79 Å². The lowest BCUT2D eigenvalue weighted by molar-refractivity contribution is -0.138. The molecule has 1 aromatic rings. The van der Waals surface area contributed by atoms with E-state index in [1.165, 1.54) is 11.3 Å². The van der Waals surface area contributed by atoms with Crippen LogP contribution in [-0.2, 0) is 11.8 Å². The first-order valence-corrected chi connectivity index (χ1v) is 7.08. The Morgan fingerprint density at radius 3 is 2.35 bits per heavy atom. The van der Waals surface area contributed by atoms with Gasteiger partial charge in [0.05, 0.1) is 12.2 Å². The van der Waals surface area contributed by atoms with Crippen LogP contribution >= 0.6 is 0 Å². The molecule has 1 saturated heterocycles. The maximum atomic E-state index is 10.7. The first-order valence-electron chi connectivity index (χ1n) is 7.08. The average molecular weight is 280 g/mol. The molecular formula is C14H24N4O2. The van der Waals surface area contributed by atoms with Crippen molar-refractivity contribution < 1.29 is 9.90 Å². The standard InChI is InChI=1S/C14H24N4O2/c1-10-14(11(2)16(4)15-10)12(3)18-7-5-17(6-8-18)9-13(19)20/h12H,5-9H2,1-4H3,(H,19,20). The van der Waals surface area contributed by atoms with Crippen LogP contribution in [0, 0.1) is 13.8 Å². The molecule has 1 N–H and O–H groups in total. The monoisotopic (exact) mass is 280 g/mol. The van der Waals surface area contributed by atoms with E-state index < -0.39 is 5.97 Å². The van der Waals surface area contributed by atoms with Gasteiger partial charge in [0.15, 0.2) is 0 Å². The van der Waals surface area contributed by atoms with Gasteiger partial charge >= 0.3 is 5.97 Å². The van der Waals surface area contributed by atoms with Gasteiger partial charge in [0.2, 0.25) is 0 Å². The minimum atomic E-state index is -0.745. The van der Waals surface area contributed by atoms with E-state index in [0.29, 0.717) is 6.04 Å². The fourth-order valence-electron chi connectivity index (χ4n) is 3.08. The third kappa shape index (κ3) is 3.02. The second kappa shape index (κ2) is 5.93. The number of carbonyl (C=O) groups is 1. The van der Waals surface area contributed by atoms with Gasteiger partial charge < -0.3 is 5.11 Å². The van der Waals surface area contributed by atoms with Gasteiger partial charge in [-0.2, -0.15) is 5.10 Å². The van der Waals surface area contributed by atoms with Gasteiger partial charge in [-0.25, -0.2) is 0 Å². The molecule has 0 aliphatic carbocycles. The largest absolute Gasteiger partial charge is 0.480 e. The molecule has 0 amide bonds. The number of piperazine rings is 1. The van der Waals surface area contributed by atoms with Gasteiger partial charge in [-0.1, -0.05) is 0 Å². The lowest BCUT2D eigenvalue weighted by Crippen LogP contribution is -2.48. The molecule has 2 rings (SSSR count). The van der Waals surface area contributed by atoms with Crippen molar-refractivity contribution in [3.05, 3.63) is 17.0 Å². The zero-order valence-electron chi connectivity index (χ0n) is 12.8. The van der Waals surface area contributed by atoms with Crippen molar-refractivity contribution in [3.63, 3.8) is 0 Å². The molecule has 112 valence electrons. The number of aliphatic carboxylic acids is 1. The normalized spacial score (nSPS) is 19.2. The highest BCUT2D eigenvalue weighted by atomic mass is 16.4. The first-order chi connectivity index (χ1) is 9.40. The maximum absolute atomic E-state index is 10.7. The van der Waals surface area contributed by atoms with Gasteiger partial charge in [0.1, 0.15) is 0 Å². The smallest absolute Gasteiger partial charge is 0.317 e. The first kappa shape index (κ1) is 15.0. The van der Waals surface area contributed by atoms with Crippen LogP contribution < -0.4 is 0 Å². The van der Waals surface area contributed by atoms with Crippen molar-refractivity contribution in [1.82, 2.24) is 19.6 Å². The molecule has 1 unspecified atom stereocenters. The van der Waals surface area contributed by atoms with Gasteiger partial charge in [-0.3, -0.25) is 19.3 Å². The fourth-order valence-corrected chi connectivity index (χ4v) is 3.08. The van der Waals surface area contributed by atoms with E-state index in [1.807, 2.05) is 16.6 Å². The molecule has 20 heavy (non-hydrogen) atoms. The van der Waals surface area contributed by atoms with E-state index in [2.05, 4.69) is 30.8 Å². The van der Waals surface area contributed by atoms with Crippen molar-refractivity contribution in [2.75, 3.05) is 32.7 Å². The Hall–Kier alpha value is -1.40. The summed E-state index contributed by atoms with van der Waals surface area (Å²) in [6.07, 6.45) is 0. The predicted molar refractivity (Wildman–Crippen MR) is 76.7 cm³/mol. The Bertz CT molecular complexity index is 490. The molecule has 0 radical (unpaired) electrons. The zero-order valence-corrected chi connectivity index (χ0v) is 12.8. The van der Waals surface area contributed by atoms with Crippen LogP contribution in [0.15, 0.2) is 0 Å². The summed E-state index contributed by atoms with van der Waals surface area (Å²) >= 11 is 0. The number of nitrogens with zero attached hydrogens (tertiary/aromatic N) is 4. The minimum absolute atomic E-state index is 0.146. The number of aryl methyl sites for hydroxylation is 2. The van der Waals surface area contributed by atoms with Crippen molar-refractivity contribution in [2.45, 2.75) is 26.8 Å². The molecule has 0 bridgehead atoms. The SMILES string of the molecule is Cc1nn(C)c(C)c1C(C)N1CCN(CC(=O)O)CC1. The molecule has 1 aliphatic rings. The van der Waals surface area contributed by atoms with Crippen molar-refractivity contribution in [3.8, 4) is 0 Å². The van der Waals surface area contributed by atoms with Crippen LogP contribution in [0.4, 0.5) is 0 Å². The zero-order chi connectivity index (χ0) is 14.9. The molecule has 2 heterocycles. The number of hydrogen-bond acceptors (Lipinski definition) is 4. The summed E-state index contributed by atoms with van der Waals surface area (Å²) in [5, 5.41) is 13.3. The summed E-state index contributed by atoms with van der Waals surface area (Å²) in [7, 11) is 1.98. The predicted octanol–water partition coefficient (Wildman–Crippen LogP) is 0.800. The lowest BCUT2D eigenvalue weighted by Gasteiger charge is -2.37. The lowest BCUT2D eigenvalue weighted by atomic mass is 10.0. The number of rotatable bonds is 4. The molecule has 1 fully saturated rings. The molecule has 0 spiro atoms. The average Bonchev–Trinajstić information content (AvgIpc) is 2.63. The summed E-state index contributed by atoms with van der Waals surface area (Å²) in [6, 6.07) is 0.329. The Morgan fingerprint density at radius 2 is 1.90 bits per heavy atom. The highest BCUT2D eigenvalue weighted by molar-refractivity contribution is 5.69. The Labute approximate surface area is 120 Å². The highest BCUT2D eigenvalue weighted by Crippen LogP contribution is 2.26. The van der Waals surface area contributed by atoms with Crippen LogP contribution in [-0.4, -0.2) is 63.4 Å². The van der Waals surface area contributed by atoms with Crippen LogP contribution in [0.2, 0.25) is 0 Å². The maximum Gasteiger partial charge on any atom is 0.317 e. The number of aromatic nitrogens is 2. The van der Waals surface area contributed by atoms with Gasteiger partial charge in [0.25, 0.3) is 0 Å². The van der Waals surface area contributed by atoms with Crippen LogP contribution in [0.1, 0.15) is 29.9 Å². The van der Waals surface area contributed by atoms with Crippen molar-refractivity contribution >= 4 is 5.97 Å². The molecular weight excluding hydrogens is 256 g/mol. The number of carboxylic acid groups (broad SMARTS) is 1. The topological polar surface area (TPSA) is 61.6 Å². The summed E-state index contributed by atoms with van der Waals surface area (Å²) in [4.78, 5) is 15.1. The van der Waals surface area contributed by atoms with Gasteiger partial charge in [-0.15, -0.1) is 0 Å². The van der Waals surface area contributed by atoms with Crippen molar-refractivity contribution in [1.29, 1.82) is 0 Å². The minimum Gasteiger partial charge on any atom is -0.480 e. The molecule has 6 nitrogen and oxygen atoms in total. The third-order valence-corrected chi connectivity index (χ3v) is 4.30. The van der Waals surface area contributed by atoms with E-state index in [1.54, 1.807) is 0 Å². The Kier molecular flexibility index (Phi) is 4.45. The van der Waals surface area contributed by atoms with Crippen LogP contribution in [0.5, 0.6) is 0 Å². The van der Waals surface area contributed by atoms with E-state index in [0.717, 1.165) is 31.9 Å². The van der Waals surface area contributed by atoms with Crippen LogP contribution in [0.25, 0.3) is 0 Å². The van der Waals surface area contributed by atoms with E-state index in [4.69, 9.17) is 5.11 Å². The molecule has 6 heteroatoms. The molecule has 1 aliphatic heterocycles. The summed E-state index contributed by atoms with van der Waals surface area (Å²) in [6.45, 7) is 9.96. The molecule has 1 aromatic heterocycles. The number of carboxylic acids is 1. The second-order valence-corrected chi connectivity index (χ2v) is 5.59. The van der Waals surface area contributed by atoms with Crippen molar-refractivity contribution in [2.24, 2.45) is 7.05 Å². The third-order valence-electron chi connectivity index (χ3n) is 4.30. The number of hydrogen-bond donors (Lipinski definition) is 1. The Balaban J connectivity index is 2.01. The Morgan fingerprint density at radius 1 is 1.30 bits per heavy atom. The highest BCUT2D eigenvalue weighted by Gasteiger charge is 2.26. The summed E-state index contributed by atoms with van der Waals surface area (Å²) in [5.74, 6) is -0.745. The molecule has 1 atom stereocenters. The quantitative estimate of drug-likeness (QED) is 0.884. The second-order valence-electron chi connectivity index (χ2n) is 5.59. The van der Waals surface area contributed by atoms with E-state index in [-0.39, 0.29) is 6.54 Å². The summed E-state index contributed by atoms with van der Waals surface area (Å²) < 4.78 is 1.93. The van der Waals surface area contributed by atoms with Gasteiger partial charge in [-0.05, 0) is 20.8 Å². The van der Waals surface area contributed by atoms with Gasteiger partial charge in [0, 0.05) is 50.5 Å². The molecule has 0 saturated carbocycles. The van der Waals surface area contributed by atoms with Crippen LogP contribution in [0.3, 0.4) is 0 Å². The fraction of sp³-hybridized carbons (Fsp3) is 0.714. The summed E-state index contributed by atoms with van der Waals surface area (Å²) in [5.41, 5.74) is 3.60. The van der Waals surface area contributed by atoms with E-state index >= 15 is 0 Å². The molecule has 0 aromatic carbocycles.